The van der Waals surface area contributed by atoms with Crippen molar-refractivity contribution in [1.82, 2.24) is 24.5 Å². The highest BCUT2D eigenvalue weighted by Crippen LogP contribution is 2.46. The molecule has 318 valence electrons. The van der Waals surface area contributed by atoms with E-state index >= 15 is 0 Å². The molecule has 21 nitrogen and oxygen atoms in total. The minimum absolute atomic E-state index is 0.00879. The normalized spacial score (nSPS) is 21.0. The quantitative estimate of drug-likeness (QED) is 0.166. The van der Waals surface area contributed by atoms with Gasteiger partial charge in [-0.05, 0) is 38.5 Å². The number of hydrogen-bond acceptors (Lipinski definition) is 19. The van der Waals surface area contributed by atoms with E-state index < -0.39 is 78.6 Å². The highest BCUT2D eigenvalue weighted by Gasteiger charge is 2.53. The first-order chi connectivity index (χ1) is 28.0. The van der Waals surface area contributed by atoms with Gasteiger partial charge in [0.25, 0.3) is 5.56 Å². The summed E-state index contributed by atoms with van der Waals surface area (Å²) in [4.78, 5) is 81.6. The molecule has 6 atom stereocenters. The van der Waals surface area contributed by atoms with E-state index in [1.165, 1.54) is 32.1 Å². The number of rotatable bonds is 14. The molecule has 5 rings (SSSR count). The van der Waals surface area contributed by atoms with E-state index in [1.807, 2.05) is 0 Å². The molecule has 1 saturated heterocycles. The summed E-state index contributed by atoms with van der Waals surface area (Å²) in [7, 11) is 4.30. The Hall–Kier alpha value is -6.51. The summed E-state index contributed by atoms with van der Waals surface area (Å²) < 4.78 is 58.4. The number of methoxy groups -OCH3 is 3. The Morgan fingerprint density at radius 3 is 1.98 bits per heavy atom. The number of aromatic nitrogens is 5. The molecular formula is C38H45N5O16. The Kier molecular flexibility index (Phi) is 13.6. The van der Waals surface area contributed by atoms with Gasteiger partial charge >= 0.3 is 29.8 Å². The minimum Gasteiger partial charge on any atom is -0.493 e. The molecule has 1 unspecified atom stereocenters. The second-order valence-electron chi connectivity index (χ2n) is 13.2. The van der Waals surface area contributed by atoms with Crippen LogP contribution >= 0.6 is 0 Å². The Balaban J connectivity index is 1.61. The molecule has 0 saturated carbocycles. The van der Waals surface area contributed by atoms with Gasteiger partial charge in [-0.15, -0.1) is 5.10 Å². The highest BCUT2D eigenvalue weighted by molar-refractivity contribution is 5.92. The number of hydrogen-bond donors (Lipinski definition) is 0. The lowest BCUT2D eigenvalue weighted by Gasteiger charge is -2.44. The first-order valence-electron chi connectivity index (χ1n) is 18.2. The van der Waals surface area contributed by atoms with E-state index in [9.17, 15) is 28.8 Å². The molecule has 0 aliphatic carbocycles. The van der Waals surface area contributed by atoms with E-state index in [0.29, 0.717) is 5.56 Å². The van der Waals surface area contributed by atoms with Gasteiger partial charge in [0.1, 0.15) is 30.0 Å². The van der Waals surface area contributed by atoms with Crippen LogP contribution < -0.4 is 24.5 Å². The van der Waals surface area contributed by atoms with Gasteiger partial charge in [0.2, 0.25) is 11.6 Å². The van der Waals surface area contributed by atoms with E-state index in [2.05, 4.69) is 15.3 Å². The second kappa shape index (κ2) is 18.4. The number of nitrogens with zero attached hydrogens (tertiary/aromatic N) is 5. The Morgan fingerprint density at radius 2 is 1.42 bits per heavy atom. The first-order valence-corrected chi connectivity index (χ1v) is 18.2. The van der Waals surface area contributed by atoms with Crippen LogP contribution in [0.25, 0.3) is 0 Å². The van der Waals surface area contributed by atoms with E-state index in [4.69, 9.17) is 47.4 Å². The van der Waals surface area contributed by atoms with Gasteiger partial charge < -0.3 is 47.4 Å². The number of allylic oxidation sites excluding steroid dienone is 1. The molecule has 0 amide bonds. The zero-order chi connectivity index (χ0) is 43.3. The molecule has 0 radical (unpaired) electrons. The lowest BCUT2D eigenvalue weighted by molar-refractivity contribution is -0.270. The molecule has 3 aromatic rings. The molecule has 0 spiro atoms. The van der Waals surface area contributed by atoms with E-state index in [1.54, 1.807) is 32.9 Å². The fourth-order valence-electron chi connectivity index (χ4n) is 6.87. The van der Waals surface area contributed by atoms with Crippen LogP contribution in [0.1, 0.15) is 76.3 Å². The monoisotopic (exact) mass is 827 g/mol. The molecule has 2 aliphatic rings. The van der Waals surface area contributed by atoms with Gasteiger partial charge in [-0.2, -0.15) is 4.98 Å². The molecule has 1 aromatic carbocycles. The molecule has 2 aromatic heterocycles. The number of fused-ring (bicyclic) bond motifs is 1. The summed E-state index contributed by atoms with van der Waals surface area (Å²) >= 11 is 0. The third kappa shape index (κ3) is 9.29. The molecule has 1 fully saturated rings. The van der Waals surface area contributed by atoms with Gasteiger partial charge in [-0.3, -0.25) is 28.5 Å². The average molecular weight is 828 g/mol. The largest absolute Gasteiger partial charge is 0.493 e. The van der Waals surface area contributed by atoms with Crippen molar-refractivity contribution >= 4 is 29.8 Å². The number of aryl methyl sites for hydroxylation is 1. The third-order valence-corrected chi connectivity index (χ3v) is 9.19. The smallest absolute Gasteiger partial charge is 0.338 e. The van der Waals surface area contributed by atoms with Gasteiger partial charge in [0.05, 0.1) is 57.7 Å². The summed E-state index contributed by atoms with van der Waals surface area (Å²) in [6, 6.07) is 3.22. The molecule has 4 heterocycles. The summed E-state index contributed by atoms with van der Waals surface area (Å²) in [5, 5.41) is 8.41. The maximum Gasteiger partial charge on any atom is 0.338 e. The van der Waals surface area contributed by atoms with E-state index in [0.717, 1.165) is 32.4 Å². The van der Waals surface area contributed by atoms with Crippen LogP contribution in [-0.4, -0.2) is 113 Å². The average Bonchev–Trinajstić information content (AvgIpc) is 3.64. The predicted octanol–water partition coefficient (Wildman–Crippen LogP) is 1.83. The molecule has 2 aliphatic heterocycles. The zero-order valence-electron chi connectivity index (χ0n) is 34.1. The summed E-state index contributed by atoms with van der Waals surface area (Å²) in [6.07, 6.45) is -5.57. The third-order valence-electron chi connectivity index (χ3n) is 9.19. The molecule has 0 bridgehead atoms. The van der Waals surface area contributed by atoms with Crippen molar-refractivity contribution in [2.45, 2.75) is 91.6 Å². The minimum atomic E-state index is -1.47. The number of esters is 5. The number of carbonyl (C=O) groups is 5. The van der Waals surface area contributed by atoms with Crippen LogP contribution in [0.2, 0.25) is 0 Å². The van der Waals surface area contributed by atoms with Crippen molar-refractivity contribution in [1.29, 1.82) is 0 Å². The molecule has 0 N–H and O–H groups in total. The van der Waals surface area contributed by atoms with Crippen LogP contribution in [-0.2, 0) is 58.9 Å². The van der Waals surface area contributed by atoms with Crippen LogP contribution in [0.3, 0.4) is 0 Å². The lowest BCUT2D eigenvalue weighted by atomic mass is 9.83. The maximum absolute atomic E-state index is 14.7. The van der Waals surface area contributed by atoms with Crippen LogP contribution in [0.5, 0.6) is 23.1 Å². The van der Waals surface area contributed by atoms with Crippen LogP contribution in [0.15, 0.2) is 34.5 Å². The van der Waals surface area contributed by atoms with E-state index in [-0.39, 0.29) is 64.7 Å². The van der Waals surface area contributed by atoms with Gasteiger partial charge in [0.15, 0.2) is 36.0 Å². The summed E-state index contributed by atoms with van der Waals surface area (Å²) in [5.74, 6) is -3.79. The maximum atomic E-state index is 14.7. The van der Waals surface area contributed by atoms with Crippen molar-refractivity contribution in [2.24, 2.45) is 0 Å². The Bertz CT molecular complexity index is 2190. The zero-order valence-corrected chi connectivity index (χ0v) is 34.1. The lowest BCUT2D eigenvalue weighted by Crippen LogP contribution is -2.60. The summed E-state index contributed by atoms with van der Waals surface area (Å²) in [6.45, 7) is 8.60. The van der Waals surface area contributed by atoms with Crippen molar-refractivity contribution in [3.63, 3.8) is 0 Å². The molecule has 21 heteroatoms. The van der Waals surface area contributed by atoms with Crippen molar-refractivity contribution in [3.8, 4) is 23.1 Å². The van der Waals surface area contributed by atoms with Gasteiger partial charge in [0, 0.05) is 27.7 Å². The fraction of sp³-hybridized carbons (Fsp3) is 0.500. The van der Waals surface area contributed by atoms with Crippen molar-refractivity contribution in [2.75, 3.05) is 34.5 Å². The Labute approximate surface area is 337 Å². The standard InChI is InChI=1S/C38H45N5O16/c1-11-53-38(49)28-17(2)55-35-30(29(28)23-12-25(50-8)31(52-10)26(13-23)51-9)36(48)42(18(3)39-35)14-24-15-43(41-40-24)37-34(58-22(7)47)33(57-21(6)46)32(56-20(5)45)27(59-37)16-54-19(4)44/h12-13,15,27,29,32-34,37H,11,14,16H2,1-10H3/t27-,29?,32-,33+,34-,37-/m1/s1. The second-order valence-corrected chi connectivity index (χ2v) is 13.2. The van der Waals surface area contributed by atoms with Gasteiger partial charge in [-0.25, -0.2) is 9.48 Å². The van der Waals surface area contributed by atoms with Gasteiger partial charge in [-0.1, -0.05) is 5.21 Å². The predicted molar refractivity (Wildman–Crippen MR) is 197 cm³/mol. The van der Waals surface area contributed by atoms with Crippen molar-refractivity contribution in [3.05, 3.63) is 62.7 Å². The molecule has 59 heavy (non-hydrogen) atoms. The number of ether oxygens (including phenoxy) is 10. The summed E-state index contributed by atoms with van der Waals surface area (Å²) in [5.41, 5.74) is -0.0102. The number of carbonyl (C=O) groups excluding carboxylic acids is 5. The highest BCUT2D eigenvalue weighted by atomic mass is 16.7. The van der Waals surface area contributed by atoms with Crippen LogP contribution in [0, 0.1) is 6.92 Å². The Morgan fingerprint density at radius 1 is 0.814 bits per heavy atom. The number of benzene rings is 1. The fourth-order valence-corrected chi connectivity index (χ4v) is 6.87. The van der Waals surface area contributed by atoms with Crippen molar-refractivity contribution < 1.29 is 71.3 Å². The SMILES string of the molecule is CCOC(=O)C1=C(C)Oc2nc(C)n(Cc3cn([C@@H]4O[C@H](COC(C)=O)[C@@H](OC(C)=O)[C@H](OC(C)=O)[C@H]4OC(C)=O)nn3)c(=O)c2C1c1cc(OC)c(OC)c(OC)c1. The van der Waals surface area contributed by atoms with Crippen LogP contribution in [0.4, 0.5) is 0 Å². The topological polar surface area (TPSA) is 243 Å². The molecular weight excluding hydrogens is 782 g/mol. The first kappa shape index (κ1) is 43.6.